The Balaban J connectivity index is 3.29. The molecule has 1 rings (SSSR count). The zero-order valence-electron chi connectivity index (χ0n) is 14.4. The lowest BCUT2D eigenvalue weighted by molar-refractivity contribution is -0.139. The number of carbonyl (C=O) groups is 2. The topological polar surface area (TPSA) is 58.6 Å². The molecule has 6 heteroatoms. The van der Waals surface area contributed by atoms with Crippen LogP contribution in [0.15, 0.2) is 24.3 Å². The monoisotopic (exact) mass is 350 g/mol. The van der Waals surface area contributed by atoms with E-state index in [0.29, 0.717) is 11.3 Å². The van der Waals surface area contributed by atoms with Crippen molar-refractivity contribution >= 4 is 23.4 Å². The first kappa shape index (κ1) is 19.9. The average Bonchev–Trinajstić information content (AvgIpc) is 2.52. The standard InChI is InChI=1S/C18H23ClN2O3/c1-6-11-21(15(22)12-19)16(17(23)20-18(2,3)4)13-7-9-14(24-5)10-8-13/h1,7-10,16H,11-12H2,2-5H3,(H,20,23). The number of terminal acetylenes is 1. The summed E-state index contributed by atoms with van der Waals surface area (Å²) in [6, 6.07) is 6.06. The molecule has 1 N–H and O–H groups in total. The van der Waals surface area contributed by atoms with E-state index in [1.54, 1.807) is 31.4 Å². The average molecular weight is 351 g/mol. The van der Waals surface area contributed by atoms with E-state index in [0.717, 1.165) is 0 Å². The van der Waals surface area contributed by atoms with Crippen molar-refractivity contribution in [3.8, 4) is 18.1 Å². The molecule has 1 aromatic carbocycles. The van der Waals surface area contributed by atoms with Crippen molar-refractivity contribution in [1.29, 1.82) is 0 Å². The Bertz CT molecular complexity index is 615. The Hall–Kier alpha value is -2.19. The fraction of sp³-hybridized carbons (Fsp3) is 0.444. The highest BCUT2D eigenvalue weighted by molar-refractivity contribution is 6.27. The zero-order chi connectivity index (χ0) is 18.3. The smallest absolute Gasteiger partial charge is 0.247 e. The summed E-state index contributed by atoms with van der Waals surface area (Å²) in [5, 5.41) is 2.89. The predicted octanol–water partition coefficient (Wildman–Crippen LogP) is 2.35. The minimum absolute atomic E-state index is 0.0141. The number of carbonyl (C=O) groups excluding carboxylic acids is 2. The van der Waals surface area contributed by atoms with Gasteiger partial charge in [0.05, 0.1) is 13.7 Å². The van der Waals surface area contributed by atoms with Gasteiger partial charge in [-0.05, 0) is 38.5 Å². The third kappa shape index (κ3) is 5.47. The van der Waals surface area contributed by atoms with Crippen LogP contribution in [-0.2, 0) is 9.59 Å². The van der Waals surface area contributed by atoms with Gasteiger partial charge in [-0.2, -0.15) is 0 Å². The molecule has 0 radical (unpaired) electrons. The molecule has 24 heavy (non-hydrogen) atoms. The van der Waals surface area contributed by atoms with Crippen molar-refractivity contribution < 1.29 is 14.3 Å². The van der Waals surface area contributed by atoms with Gasteiger partial charge in [0, 0.05) is 5.54 Å². The molecule has 0 saturated carbocycles. The Morgan fingerprint density at radius 2 is 1.92 bits per heavy atom. The van der Waals surface area contributed by atoms with Crippen LogP contribution in [0.4, 0.5) is 0 Å². The first-order chi connectivity index (χ1) is 11.2. The number of halogens is 1. The molecule has 0 aliphatic carbocycles. The minimum Gasteiger partial charge on any atom is -0.497 e. The number of rotatable bonds is 6. The number of ether oxygens (including phenoxy) is 1. The van der Waals surface area contributed by atoms with Crippen LogP contribution < -0.4 is 10.1 Å². The van der Waals surface area contributed by atoms with Crippen molar-refractivity contribution in [2.75, 3.05) is 19.5 Å². The van der Waals surface area contributed by atoms with Gasteiger partial charge >= 0.3 is 0 Å². The van der Waals surface area contributed by atoms with Crippen molar-refractivity contribution in [2.45, 2.75) is 32.4 Å². The van der Waals surface area contributed by atoms with E-state index in [1.165, 1.54) is 4.90 Å². The molecule has 0 heterocycles. The molecular formula is C18H23ClN2O3. The minimum atomic E-state index is -0.863. The largest absolute Gasteiger partial charge is 0.497 e. The number of methoxy groups -OCH3 is 1. The molecule has 0 aliphatic rings. The fourth-order valence-corrected chi connectivity index (χ4v) is 2.35. The molecule has 1 atom stereocenters. The van der Waals surface area contributed by atoms with Crippen LogP contribution >= 0.6 is 11.6 Å². The summed E-state index contributed by atoms with van der Waals surface area (Å²) in [5.74, 6) is 2.09. The normalized spacial score (nSPS) is 12.0. The number of nitrogens with one attached hydrogen (secondary N) is 1. The van der Waals surface area contributed by atoms with E-state index in [4.69, 9.17) is 22.8 Å². The molecule has 0 saturated heterocycles. The highest BCUT2D eigenvalue weighted by Gasteiger charge is 2.32. The van der Waals surface area contributed by atoms with Gasteiger partial charge in [0.15, 0.2) is 0 Å². The van der Waals surface area contributed by atoms with E-state index in [1.807, 2.05) is 20.8 Å². The summed E-state index contributed by atoms with van der Waals surface area (Å²) in [7, 11) is 1.56. The molecule has 0 bridgehead atoms. The van der Waals surface area contributed by atoms with Gasteiger partial charge in [-0.3, -0.25) is 9.59 Å². The lowest BCUT2D eigenvalue weighted by atomic mass is 10.0. The van der Waals surface area contributed by atoms with Gasteiger partial charge in [-0.15, -0.1) is 18.0 Å². The lowest BCUT2D eigenvalue weighted by Gasteiger charge is -2.32. The molecule has 2 amide bonds. The van der Waals surface area contributed by atoms with Gasteiger partial charge in [-0.25, -0.2) is 0 Å². The predicted molar refractivity (Wildman–Crippen MR) is 94.9 cm³/mol. The summed E-state index contributed by atoms with van der Waals surface area (Å²) in [4.78, 5) is 26.3. The fourth-order valence-electron chi connectivity index (χ4n) is 2.20. The second-order valence-electron chi connectivity index (χ2n) is 6.27. The van der Waals surface area contributed by atoms with Gasteiger partial charge in [0.1, 0.15) is 17.7 Å². The highest BCUT2D eigenvalue weighted by atomic mass is 35.5. The quantitative estimate of drug-likeness (QED) is 0.633. The van der Waals surface area contributed by atoms with Crippen molar-refractivity contribution in [3.63, 3.8) is 0 Å². The number of hydrogen-bond acceptors (Lipinski definition) is 3. The van der Waals surface area contributed by atoms with Crippen molar-refractivity contribution in [3.05, 3.63) is 29.8 Å². The first-order valence-corrected chi connectivity index (χ1v) is 8.01. The zero-order valence-corrected chi connectivity index (χ0v) is 15.2. The summed E-state index contributed by atoms with van der Waals surface area (Å²) in [5.41, 5.74) is 0.180. The van der Waals surface area contributed by atoms with Crippen molar-refractivity contribution in [1.82, 2.24) is 10.2 Å². The van der Waals surface area contributed by atoms with E-state index in [2.05, 4.69) is 11.2 Å². The molecule has 0 fully saturated rings. The second kappa shape index (κ2) is 8.60. The number of nitrogens with zero attached hydrogens (tertiary/aromatic N) is 1. The third-order valence-electron chi connectivity index (χ3n) is 3.19. The van der Waals surface area contributed by atoms with Crippen LogP contribution in [0.1, 0.15) is 32.4 Å². The van der Waals surface area contributed by atoms with E-state index in [-0.39, 0.29) is 18.3 Å². The summed E-state index contributed by atoms with van der Waals surface area (Å²) < 4.78 is 5.13. The van der Waals surface area contributed by atoms with Crippen LogP contribution in [0.25, 0.3) is 0 Å². The number of hydrogen-bond donors (Lipinski definition) is 1. The van der Waals surface area contributed by atoms with E-state index >= 15 is 0 Å². The van der Waals surface area contributed by atoms with Crippen LogP contribution in [0, 0.1) is 12.3 Å². The SMILES string of the molecule is C#CCN(C(=O)CCl)C(C(=O)NC(C)(C)C)c1ccc(OC)cc1. The number of benzene rings is 1. The molecule has 1 unspecified atom stereocenters. The van der Waals surface area contributed by atoms with Gasteiger partial charge < -0.3 is 15.0 Å². The van der Waals surface area contributed by atoms with Crippen LogP contribution in [0.3, 0.4) is 0 Å². The molecule has 0 aliphatic heterocycles. The van der Waals surface area contributed by atoms with E-state index in [9.17, 15) is 9.59 Å². The van der Waals surface area contributed by atoms with Crippen molar-refractivity contribution in [2.24, 2.45) is 0 Å². The Labute approximate surface area is 148 Å². The van der Waals surface area contributed by atoms with Gasteiger partial charge in [0.25, 0.3) is 0 Å². The third-order valence-corrected chi connectivity index (χ3v) is 3.41. The van der Waals surface area contributed by atoms with Crippen LogP contribution in [0.2, 0.25) is 0 Å². The Morgan fingerprint density at radius 3 is 2.33 bits per heavy atom. The summed E-state index contributed by atoms with van der Waals surface area (Å²) in [6.45, 7) is 5.58. The first-order valence-electron chi connectivity index (χ1n) is 7.48. The maximum absolute atomic E-state index is 12.8. The summed E-state index contributed by atoms with van der Waals surface area (Å²) >= 11 is 5.69. The molecular weight excluding hydrogens is 328 g/mol. The van der Waals surface area contributed by atoms with Gasteiger partial charge in [-0.1, -0.05) is 18.1 Å². The lowest BCUT2D eigenvalue weighted by Crippen LogP contribution is -2.49. The maximum Gasteiger partial charge on any atom is 0.247 e. The molecule has 130 valence electrons. The number of amides is 2. The Morgan fingerprint density at radius 1 is 1.33 bits per heavy atom. The number of alkyl halides is 1. The Kier molecular flexibility index (Phi) is 7.12. The molecule has 0 spiro atoms. The molecule has 0 aromatic heterocycles. The second-order valence-corrected chi connectivity index (χ2v) is 6.54. The highest BCUT2D eigenvalue weighted by Crippen LogP contribution is 2.25. The van der Waals surface area contributed by atoms with Crippen LogP contribution in [-0.4, -0.2) is 41.8 Å². The van der Waals surface area contributed by atoms with Crippen LogP contribution in [0.5, 0.6) is 5.75 Å². The molecule has 1 aromatic rings. The maximum atomic E-state index is 12.8. The molecule has 5 nitrogen and oxygen atoms in total. The van der Waals surface area contributed by atoms with E-state index < -0.39 is 17.5 Å². The summed E-state index contributed by atoms with van der Waals surface area (Å²) in [6.07, 6.45) is 5.37. The van der Waals surface area contributed by atoms with Gasteiger partial charge in [0.2, 0.25) is 11.8 Å².